The molecule has 0 radical (unpaired) electrons. The molecule has 1 aromatic heterocycles. The Balaban J connectivity index is 2.60. The van der Waals surface area contributed by atoms with Crippen LogP contribution in [0.3, 0.4) is 0 Å². The van der Waals surface area contributed by atoms with Crippen LogP contribution in [-0.4, -0.2) is 13.5 Å². The van der Waals surface area contributed by atoms with Crippen LogP contribution >= 0.6 is 11.9 Å². The minimum Gasteiger partial charge on any atom is -0.291 e. The van der Waals surface area contributed by atoms with Gasteiger partial charge in [0.2, 0.25) is 0 Å². The van der Waals surface area contributed by atoms with E-state index in [4.69, 9.17) is 0 Å². The van der Waals surface area contributed by atoms with Gasteiger partial charge in [-0.3, -0.25) is 19.5 Å². The highest BCUT2D eigenvalue weighted by atomic mass is 32.2. The van der Waals surface area contributed by atoms with E-state index in [0.29, 0.717) is 15.9 Å². The Bertz CT molecular complexity index is 888. The van der Waals surface area contributed by atoms with Crippen molar-refractivity contribution in [3.05, 3.63) is 67.0 Å². The third-order valence-electron chi connectivity index (χ3n) is 2.82. The fourth-order valence-electron chi connectivity index (χ4n) is 1.75. The lowest BCUT2D eigenvalue weighted by Crippen LogP contribution is -2.39. The van der Waals surface area contributed by atoms with Crippen molar-refractivity contribution >= 4 is 17.6 Å². The summed E-state index contributed by atoms with van der Waals surface area (Å²) in [6.07, 6.45) is -4.87. The fraction of sp³-hybridized carbons (Fsp3) is 0.167. The molecule has 0 fully saturated rings. The van der Waals surface area contributed by atoms with E-state index in [0.717, 1.165) is 13.1 Å². The van der Waals surface area contributed by atoms with E-state index < -0.39 is 28.0 Å². The zero-order chi connectivity index (χ0) is 17.4. The van der Waals surface area contributed by atoms with Crippen LogP contribution in [0, 0.1) is 10.1 Å². The average Bonchev–Trinajstić information content (AvgIpc) is 2.46. The van der Waals surface area contributed by atoms with E-state index in [1.165, 1.54) is 18.2 Å². The van der Waals surface area contributed by atoms with Crippen LogP contribution in [0.1, 0.15) is 5.69 Å². The standard InChI is InChI=1S/C12H8F3N3O4S/c1-16-9(12(13,14)15)6-10(19)17(11(16)20)23-8-5-3-2-4-7(8)18(21)22/h2-6H,1H3. The van der Waals surface area contributed by atoms with Crippen LogP contribution in [-0.2, 0) is 13.2 Å². The number of nitro groups is 1. The van der Waals surface area contributed by atoms with E-state index in [-0.39, 0.29) is 21.2 Å². The van der Waals surface area contributed by atoms with Gasteiger partial charge in [0, 0.05) is 31.1 Å². The molecule has 7 nitrogen and oxygen atoms in total. The summed E-state index contributed by atoms with van der Waals surface area (Å²) < 4.78 is 38.9. The number of nitrogens with zero attached hydrogens (tertiary/aromatic N) is 3. The SMILES string of the molecule is Cn1c(C(F)(F)F)cc(=O)n(Sc2ccccc2[N+](=O)[O-])c1=O. The molecule has 2 rings (SSSR count). The first-order valence-corrected chi connectivity index (χ1v) is 6.72. The molecule has 0 unspecified atom stereocenters. The van der Waals surface area contributed by atoms with E-state index >= 15 is 0 Å². The van der Waals surface area contributed by atoms with Gasteiger partial charge in [-0.05, 0) is 6.07 Å². The maximum Gasteiger partial charge on any atom is 0.431 e. The molecule has 1 aromatic carbocycles. The Hall–Kier alpha value is -2.56. The van der Waals surface area contributed by atoms with Gasteiger partial charge in [-0.1, -0.05) is 12.1 Å². The number of para-hydroxylation sites is 1. The van der Waals surface area contributed by atoms with E-state index in [1.54, 1.807) is 0 Å². The largest absolute Gasteiger partial charge is 0.431 e. The molecular weight excluding hydrogens is 339 g/mol. The normalized spacial score (nSPS) is 11.5. The van der Waals surface area contributed by atoms with Crippen LogP contribution in [0.4, 0.5) is 18.9 Å². The number of halogens is 3. The second-order valence-electron chi connectivity index (χ2n) is 4.32. The second kappa shape index (κ2) is 5.91. The summed E-state index contributed by atoms with van der Waals surface area (Å²) in [6.45, 7) is 0. The van der Waals surface area contributed by atoms with Gasteiger partial charge >= 0.3 is 11.9 Å². The molecule has 23 heavy (non-hydrogen) atoms. The van der Waals surface area contributed by atoms with E-state index in [1.807, 2.05) is 0 Å². The smallest absolute Gasteiger partial charge is 0.291 e. The highest BCUT2D eigenvalue weighted by Gasteiger charge is 2.35. The van der Waals surface area contributed by atoms with Crippen molar-refractivity contribution in [2.75, 3.05) is 0 Å². The van der Waals surface area contributed by atoms with Crippen molar-refractivity contribution in [2.45, 2.75) is 11.1 Å². The first-order valence-electron chi connectivity index (χ1n) is 5.95. The molecule has 1 heterocycles. The lowest BCUT2D eigenvalue weighted by molar-refractivity contribution is -0.387. The maximum atomic E-state index is 12.7. The molecule has 122 valence electrons. The summed E-state index contributed by atoms with van der Waals surface area (Å²) >= 11 is 0.391. The fourth-order valence-corrected chi connectivity index (χ4v) is 2.66. The second-order valence-corrected chi connectivity index (χ2v) is 5.31. The molecule has 0 saturated carbocycles. The van der Waals surface area contributed by atoms with Crippen molar-refractivity contribution in [1.29, 1.82) is 0 Å². The van der Waals surface area contributed by atoms with Crippen molar-refractivity contribution in [3.8, 4) is 0 Å². The molecule has 0 N–H and O–H groups in total. The predicted octanol–water partition coefficient (Wildman–Crippen LogP) is 2.03. The minimum atomic E-state index is -4.87. The summed E-state index contributed by atoms with van der Waals surface area (Å²) in [5.41, 5.74) is -4.23. The molecule has 0 amide bonds. The van der Waals surface area contributed by atoms with Gasteiger partial charge in [0.25, 0.3) is 11.2 Å². The van der Waals surface area contributed by atoms with Crippen LogP contribution in [0.5, 0.6) is 0 Å². The third-order valence-corrected chi connectivity index (χ3v) is 3.89. The molecule has 0 aliphatic heterocycles. The molecule has 11 heteroatoms. The van der Waals surface area contributed by atoms with Gasteiger partial charge in [0.05, 0.1) is 4.92 Å². The van der Waals surface area contributed by atoms with Crippen LogP contribution in [0.15, 0.2) is 44.8 Å². The lowest BCUT2D eigenvalue weighted by Gasteiger charge is -2.13. The summed E-state index contributed by atoms with van der Waals surface area (Å²) in [5, 5.41) is 10.9. The average molecular weight is 347 g/mol. The van der Waals surface area contributed by atoms with Crippen LogP contribution in [0.2, 0.25) is 0 Å². The summed E-state index contributed by atoms with van der Waals surface area (Å²) in [5.74, 6) is 0. The van der Waals surface area contributed by atoms with E-state index in [9.17, 15) is 32.9 Å². The van der Waals surface area contributed by atoms with Gasteiger partial charge in [0.15, 0.2) is 0 Å². The number of hydrogen-bond donors (Lipinski definition) is 0. The van der Waals surface area contributed by atoms with Crippen molar-refractivity contribution in [2.24, 2.45) is 7.05 Å². The van der Waals surface area contributed by atoms with Crippen LogP contribution in [0.25, 0.3) is 0 Å². The molecule has 0 bridgehead atoms. The summed E-state index contributed by atoms with van der Waals surface area (Å²) in [4.78, 5) is 33.9. The number of rotatable bonds is 3. The van der Waals surface area contributed by atoms with Gasteiger partial charge in [0.1, 0.15) is 10.6 Å². The maximum absolute atomic E-state index is 12.7. The summed E-state index contributed by atoms with van der Waals surface area (Å²) in [6, 6.07) is 5.53. The number of alkyl halides is 3. The molecule has 0 aliphatic carbocycles. The lowest BCUT2D eigenvalue weighted by atomic mass is 10.3. The molecule has 0 atom stereocenters. The number of aromatic nitrogens is 2. The third kappa shape index (κ3) is 3.28. The van der Waals surface area contributed by atoms with Crippen LogP contribution < -0.4 is 11.2 Å². The topological polar surface area (TPSA) is 87.1 Å². The van der Waals surface area contributed by atoms with E-state index in [2.05, 4.69) is 0 Å². The zero-order valence-corrected chi connectivity index (χ0v) is 12.2. The van der Waals surface area contributed by atoms with Crippen molar-refractivity contribution in [3.63, 3.8) is 0 Å². The zero-order valence-electron chi connectivity index (χ0n) is 11.4. The Morgan fingerprint density at radius 1 is 1.22 bits per heavy atom. The number of benzene rings is 1. The summed E-state index contributed by atoms with van der Waals surface area (Å²) in [7, 11) is 0.862. The van der Waals surface area contributed by atoms with Crippen molar-refractivity contribution < 1.29 is 18.1 Å². The highest BCUT2D eigenvalue weighted by Crippen LogP contribution is 2.29. The molecule has 0 saturated heterocycles. The quantitative estimate of drug-likeness (QED) is 0.626. The Labute approximate surface area is 130 Å². The van der Waals surface area contributed by atoms with Gasteiger partial charge in [-0.25, -0.2) is 4.79 Å². The Morgan fingerprint density at radius 2 is 1.83 bits per heavy atom. The molecule has 0 spiro atoms. The first-order chi connectivity index (χ1) is 10.6. The first kappa shape index (κ1) is 16.8. The number of nitro benzene ring substituents is 1. The highest BCUT2D eigenvalue weighted by molar-refractivity contribution is 7.98. The monoisotopic (exact) mass is 347 g/mol. The van der Waals surface area contributed by atoms with Crippen molar-refractivity contribution in [1.82, 2.24) is 8.54 Å². The molecule has 2 aromatic rings. The Morgan fingerprint density at radius 3 is 2.39 bits per heavy atom. The molecule has 0 aliphatic rings. The predicted molar refractivity (Wildman–Crippen MR) is 75.3 cm³/mol. The Kier molecular flexibility index (Phi) is 4.32. The van der Waals surface area contributed by atoms with Gasteiger partial charge < -0.3 is 0 Å². The van der Waals surface area contributed by atoms with Gasteiger partial charge in [-0.15, -0.1) is 0 Å². The number of hydrogen-bond acceptors (Lipinski definition) is 5. The van der Waals surface area contributed by atoms with Gasteiger partial charge in [-0.2, -0.15) is 17.1 Å². The molecular formula is C12H8F3N3O4S. The minimum absolute atomic E-state index is 0.0449.